The Morgan fingerprint density at radius 3 is 2.22 bits per heavy atom. The summed E-state index contributed by atoms with van der Waals surface area (Å²) in [5.41, 5.74) is 4.83. The molecular weight excluding hydrogens is 134 g/mol. The van der Waals surface area contributed by atoms with Crippen molar-refractivity contribution in [2.45, 2.75) is 19.4 Å². The molecule has 0 saturated carbocycles. The largest absolute Gasteiger partial charge is 0.316 e. The van der Waals surface area contributed by atoms with Gasteiger partial charge in [0.25, 0.3) is 5.12 Å². The van der Waals surface area contributed by atoms with Crippen LogP contribution in [0, 0.1) is 11.8 Å². The molecule has 50 valence electrons. The standard InChI is InChI=1S/C6H9NOS/c1-6(2,7)4-3-5(8)9/h7H2,1-2H3,(H,8,9). The number of carbonyl (C=O) groups is 1. The van der Waals surface area contributed by atoms with Crippen LogP contribution in [0.3, 0.4) is 0 Å². The molecule has 0 aliphatic rings. The van der Waals surface area contributed by atoms with Crippen LogP contribution in [-0.4, -0.2) is 10.7 Å². The monoisotopic (exact) mass is 143 g/mol. The minimum atomic E-state index is -0.599. The highest BCUT2D eigenvalue weighted by atomic mass is 32.1. The SMILES string of the molecule is CC(C)(N)C#CC(=O)S. The van der Waals surface area contributed by atoms with Crippen molar-refractivity contribution >= 4 is 17.7 Å². The quantitative estimate of drug-likeness (QED) is 0.375. The topological polar surface area (TPSA) is 43.1 Å². The van der Waals surface area contributed by atoms with E-state index < -0.39 is 10.7 Å². The van der Waals surface area contributed by atoms with Gasteiger partial charge in [0.2, 0.25) is 0 Å². The average Bonchev–Trinajstić information content (AvgIpc) is 1.59. The van der Waals surface area contributed by atoms with E-state index in [1.165, 1.54) is 0 Å². The van der Waals surface area contributed by atoms with E-state index in [1.807, 2.05) is 0 Å². The van der Waals surface area contributed by atoms with Crippen molar-refractivity contribution in [1.82, 2.24) is 0 Å². The first kappa shape index (κ1) is 8.54. The molecule has 0 fully saturated rings. The van der Waals surface area contributed by atoms with Crippen molar-refractivity contribution < 1.29 is 4.79 Å². The van der Waals surface area contributed by atoms with E-state index in [1.54, 1.807) is 13.8 Å². The molecule has 0 atom stereocenters. The maximum absolute atomic E-state index is 10.1. The molecule has 0 radical (unpaired) electrons. The summed E-state index contributed by atoms with van der Waals surface area (Å²) >= 11 is 3.44. The van der Waals surface area contributed by atoms with E-state index in [0.29, 0.717) is 0 Å². The van der Waals surface area contributed by atoms with E-state index in [4.69, 9.17) is 5.73 Å². The minimum Gasteiger partial charge on any atom is -0.316 e. The van der Waals surface area contributed by atoms with E-state index in [-0.39, 0.29) is 0 Å². The van der Waals surface area contributed by atoms with Crippen molar-refractivity contribution in [2.75, 3.05) is 0 Å². The summed E-state index contributed by atoms with van der Waals surface area (Å²) < 4.78 is 0. The molecule has 0 amide bonds. The van der Waals surface area contributed by atoms with Gasteiger partial charge in [-0.15, -0.1) is 0 Å². The fourth-order valence-electron chi connectivity index (χ4n) is 0.215. The number of rotatable bonds is 0. The van der Waals surface area contributed by atoms with Crippen LogP contribution in [0.5, 0.6) is 0 Å². The minimum absolute atomic E-state index is 0.450. The summed E-state index contributed by atoms with van der Waals surface area (Å²) in [5.74, 6) is 4.76. The molecule has 9 heavy (non-hydrogen) atoms. The van der Waals surface area contributed by atoms with Gasteiger partial charge in [-0.25, -0.2) is 0 Å². The molecule has 0 bridgehead atoms. The molecule has 0 heterocycles. The van der Waals surface area contributed by atoms with Crippen LogP contribution in [0.25, 0.3) is 0 Å². The fraction of sp³-hybridized carbons (Fsp3) is 0.500. The van der Waals surface area contributed by atoms with E-state index >= 15 is 0 Å². The zero-order chi connectivity index (χ0) is 7.49. The Balaban J connectivity index is 4.04. The average molecular weight is 143 g/mol. The lowest BCUT2D eigenvalue weighted by atomic mass is 10.1. The Morgan fingerprint density at radius 2 is 2.11 bits per heavy atom. The molecule has 0 aromatic carbocycles. The first-order chi connectivity index (χ1) is 3.92. The van der Waals surface area contributed by atoms with Crippen molar-refractivity contribution in [3.63, 3.8) is 0 Å². The third-order valence-corrected chi connectivity index (χ3v) is 0.603. The van der Waals surface area contributed by atoms with Gasteiger partial charge in [0.05, 0.1) is 5.54 Å². The maximum Gasteiger partial charge on any atom is 0.259 e. The fourth-order valence-corrected chi connectivity index (χ4v) is 0.270. The summed E-state index contributed by atoms with van der Waals surface area (Å²) in [6.45, 7) is 3.44. The summed E-state index contributed by atoms with van der Waals surface area (Å²) in [6.07, 6.45) is 0. The van der Waals surface area contributed by atoms with E-state index in [0.717, 1.165) is 0 Å². The van der Waals surface area contributed by atoms with Crippen molar-refractivity contribution in [1.29, 1.82) is 0 Å². The lowest BCUT2D eigenvalue weighted by Gasteiger charge is -2.06. The first-order valence-electron chi connectivity index (χ1n) is 2.47. The lowest BCUT2D eigenvalue weighted by molar-refractivity contribution is -0.106. The summed E-state index contributed by atoms with van der Waals surface area (Å²) in [5, 5.41) is -0.450. The highest BCUT2D eigenvalue weighted by Gasteiger charge is 2.03. The molecule has 2 N–H and O–H groups in total. The van der Waals surface area contributed by atoms with Gasteiger partial charge in [-0.3, -0.25) is 4.79 Å². The van der Waals surface area contributed by atoms with Gasteiger partial charge in [-0.05, 0) is 19.8 Å². The Labute approximate surface area is 60.2 Å². The maximum atomic E-state index is 10.1. The molecule has 0 rings (SSSR count). The zero-order valence-corrected chi connectivity index (χ0v) is 6.33. The Kier molecular flexibility index (Phi) is 2.75. The number of thiol groups is 1. The van der Waals surface area contributed by atoms with Crippen LogP contribution < -0.4 is 5.73 Å². The third kappa shape index (κ3) is 7.54. The van der Waals surface area contributed by atoms with Crippen molar-refractivity contribution in [2.24, 2.45) is 5.73 Å². The Bertz CT molecular complexity index is 170. The second-order valence-electron chi connectivity index (χ2n) is 2.28. The van der Waals surface area contributed by atoms with Gasteiger partial charge in [-0.2, -0.15) is 0 Å². The molecule has 0 aromatic rings. The summed E-state index contributed by atoms with van der Waals surface area (Å²) in [7, 11) is 0. The molecule has 2 nitrogen and oxygen atoms in total. The van der Waals surface area contributed by atoms with Crippen LogP contribution in [0.1, 0.15) is 13.8 Å². The van der Waals surface area contributed by atoms with Crippen LogP contribution in [0.2, 0.25) is 0 Å². The second kappa shape index (κ2) is 2.90. The predicted octanol–water partition coefficient (Wildman–Crippen LogP) is 0.184. The second-order valence-corrected chi connectivity index (χ2v) is 2.68. The van der Waals surface area contributed by atoms with Gasteiger partial charge in [-0.1, -0.05) is 18.5 Å². The van der Waals surface area contributed by atoms with Crippen LogP contribution in [-0.2, 0) is 4.79 Å². The van der Waals surface area contributed by atoms with Gasteiger partial charge in [0, 0.05) is 0 Å². The van der Waals surface area contributed by atoms with Crippen LogP contribution in [0.4, 0.5) is 0 Å². The third-order valence-electron chi connectivity index (χ3n) is 0.492. The molecule has 0 spiro atoms. The summed E-state index contributed by atoms with van der Waals surface area (Å²) in [6, 6.07) is 0. The normalized spacial score (nSPS) is 9.78. The molecular formula is C6H9NOS. The Hall–Kier alpha value is -0.460. The molecule has 0 saturated heterocycles. The number of nitrogens with two attached hydrogens (primary N) is 1. The molecule has 3 heteroatoms. The molecule has 0 aliphatic heterocycles. The van der Waals surface area contributed by atoms with Gasteiger partial charge in [0.1, 0.15) is 0 Å². The van der Waals surface area contributed by atoms with Crippen molar-refractivity contribution in [3.05, 3.63) is 0 Å². The molecule has 0 aliphatic carbocycles. The Morgan fingerprint density at radius 1 is 1.67 bits per heavy atom. The number of carbonyl (C=O) groups excluding carboxylic acids is 1. The number of hydrogen-bond acceptors (Lipinski definition) is 2. The highest BCUT2D eigenvalue weighted by molar-refractivity contribution is 7.97. The number of hydrogen-bond donors (Lipinski definition) is 2. The van der Waals surface area contributed by atoms with Crippen LogP contribution >= 0.6 is 12.6 Å². The van der Waals surface area contributed by atoms with Gasteiger partial charge >= 0.3 is 0 Å². The zero-order valence-electron chi connectivity index (χ0n) is 5.43. The smallest absolute Gasteiger partial charge is 0.259 e. The molecule has 0 aromatic heterocycles. The van der Waals surface area contributed by atoms with Crippen molar-refractivity contribution in [3.8, 4) is 11.8 Å². The first-order valence-corrected chi connectivity index (χ1v) is 2.91. The van der Waals surface area contributed by atoms with Gasteiger partial charge in [0.15, 0.2) is 0 Å². The predicted molar refractivity (Wildman–Crippen MR) is 40.0 cm³/mol. The lowest BCUT2D eigenvalue weighted by Crippen LogP contribution is -2.29. The van der Waals surface area contributed by atoms with E-state index in [9.17, 15) is 4.79 Å². The highest BCUT2D eigenvalue weighted by Crippen LogP contribution is 1.91. The van der Waals surface area contributed by atoms with Crippen LogP contribution in [0.15, 0.2) is 0 Å². The molecule has 0 unspecified atom stereocenters. The van der Waals surface area contributed by atoms with E-state index in [2.05, 4.69) is 24.5 Å². The summed E-state index contributed by atoms with van der Waals surface area (Å²) in [4.78, 5) is 10.1. The van der Waals surface area contributed by atoms with Gasteiger partial charge < -0.3 is 5.73 Å².